The lowest BCUT2D eigenvalue weighted by atomic mass is 10.1. The van der Waals surface area contributed by atoms with Gasteiger partial charge in [-0.15, -0.1) is 0 Å². The predicted octanol–water partition coefficient (Wildman–Crippen LogP) is 2.53. The number of ether oxygens (including phenoxy) is 1. The first-order valence-corrected chi connectivity index (χ1v) is 9.57. The summed E-state index contributed by atoms with van der Waals surface area (Å²) >= 11 is 0. The van der Waals surface area contributed by atoms with Gasteiger partial charge in [0.25, 0.3) is 0 Å². The van der Waals surface area contributed by atoms with Gasteiger partial charge >= 0.3 is 0 Å². The Bertz CT molecular complexity index is 525. The molecule has 0 saturated carbocycles. The Morgan fingerprint density at radius 1 is 1.29 bits per heavy atom. The minimum Gasteiger partial charge on any atom is -0.494 e. The van der Waals surface area contributed by atoms with E-state index in [4.69, 9.17) is 4.74 Å². The molecule has 1 fully saturated rings. The van der Waals surface area contributed by atoms with Crippen LogP contribution in [0.5, 0.6) is 5.75 Å². The number of benzene rings is 1. The van der Waals surface area contributed by atoms with Gasteiger partial charge in [0.15, 0.2) is 9.84 Å². The van der Waals surface area contributed by atoms with E-state index in [2.05, 4.69) is 12.2 Å². The molecule has 5 heteroatoms. The van der Waals surface area contributed by atoms with Gasteiger partial charge in [-0.05, 0) is 37.0 Å². The van der Waals surface area contributed by atoms with Crippen molar-refractivity contribution in [2.24, 2.45) is 0 Å². The Hall–Kier alpha value is -1.07. The van der Waals surface area contributed by atoms with Crippen molar-refractivity contribution < 1.29 is 13.2 Å². The maximum Gasteiger partial charge on any atom is 0.151 e. The summed E-state index contributed by atoms with van der Waals surface area (Å²) in [6.07, 6.45) is 3.91. The van der Waals surface area contributed by atoms with Crippen molar-refractivity contribution in [1.29, 1.82) is 0 Å². The number of rotatable bonds is 7. The summed E-state index contributed by atoms with van der Waals surface area (Å²) in [4.78, 5) is 0. The van der Waals surface area contributed by atoms with Crippen LogP contribution in [0.1, 0.15) is 38.2 Å². The average molecular weight is 311 g/mol. The molecule has 0 radical (unpaired) electrons. The topological polar surface area (TPSA) is 55.4 Å². The van der Waals surface area contributed by atoms with E-state index in [9.17, 15) is 8.42 Å². The zero-order valence-electron chi connectivity index (χ0n) is 12.7. The summed E-state index contributed by atoms with van der Waals surface area (Å²) in [5, 5.41) is 3.35. The third-order valence-electron chi connectivity index (χ3n) is 3.75. The minimum atomic E-state index is -2.84. The van der Waals surface area contributed by atoms with Gasteiger partial charge in [0.2, 0.25) is 0 Å². The molecule has 1 aromatic carbocycles. The molecule has 0 aliphatic carbocycles. The van der Waals surface area contributed by atoms with E-state index in [-0.39, 0.29) is 11.8 Å². The molecule has 1 unspecified atom stereocenters. The van der Waals surface area contributed by atoms with Crippen molar-refractivity contribution in [3.05, 3.63) is 29.8 Å². The first-order valence-electron chi connectivity index (χ1n) is 7.74. The summed E-state index contributed by atoms with van der Waals surface area (Å²) in [7, 11) is -2.84. The zero-order valence-corrected chi connectivity index (χ0v) is 13.5. The molecule has 4 nitrogen and oxygen atoms in total. The van der Waals surface area contributed by atoms with Crippen LogP contribution >= 0.6 is 0 Å². The standard InChI is InChI=1S/C16H25NO3S/c1-2-3-10-20-16-8-6-14(7-9-16)12-17-15-5-4-11-21(18,19)13-15/h6-9,15,17H,2-5,10-13H2,1H3. The van der Waals surface area contributed by atoms with Gasteiger partial charge in [-0.1, -0.05) is 25.5 Å². The van der Waals surface area contributed by atoms with Crippen LogP contribution in [0.4, 0.5) is 0 Å². The first-order chi connectivity index (χ1) is 10.1. The van der Waals surface area contributed by atoms with Gasteiger partial charge in [0.05, 0.1) is 18.1 Å². The number of hydrogen-bond donors (Lipinski definition) is 1. The molecule has 0 amide bonds. The van der Waals surface area contributed by atoms with Gasteiger partial charge in [0.1, 0.15) is 5.75 Å². The first kappa shape index (κ1) is 16.3. The number of sulfone groups is 1. The van der Waals surface area contributed by atoms with Crippen LogP contribution in [0.25, 0.3) is 0 Å². The molecule has 0 aromatic heterocycles. The summed E-state index contributed by atoms with van der Waals surface area (Å²) < 4.78 is 28.8. The summed E-state index contributed by atoms with van der Waals surface area (Å²) in [5.74, 6) is 1.51. The summed E-state index contributed by atoms with van der Waals surface area (Å²) in [5.41, 5.74) is 1.15. The van der Waals surface area contributed by atoms with Gasteiger partial charge < -0.3 is 10.1 Å². The number of hydrogen-bond acceptors (Lipinski definition) is 4. The molecule has 1 aromatic rings. The van der Waals surface area contributed by atoms with Crippen molar-refractivity contribution in [3.63, 3.8) is 0 Å². The molecule has 118 valence electrons. The molecule has 0 spiro atoms. The summed E-state index contributed by atoms with van der Waals surface area (Å²) in [6, 6.07) is 8.11. The van der Waals surface area contributed by atoms with Crippen molar-refractivity contribution in [2.45, 2.75) is 45.2 Å². The van der Waals surface area contributed by atoms with Gasteiger partial charge in [-0.3, -0.25) is 0 Å². The highest BCUT2D eigenvalue weighted by atomic mass is 32.2. The largest absolute Gasteiger partial charge is 0.494 e. The molecule has 1 aliphatic heterocycles. The van der Waals surface area contributed by atoms with E-state index in [0.29, 0.717) is 12.3 Å². The lowest BCUT2D eigenvalue weighted by molar-refractivity contribution is 0.309. The molecule has 1 saturated heterocycles. The fourth-order valence-corrected chi connectivity index (χ4v) is 4.15. The third kappa shape index (κ3) is 5.67. The fourth-order valence-electron chi connectivity index (χ4n) is 2.48. The van der Waals surface area contributed by atoms with Crippen molar-refractivity contribution in [1.82, 2.24) is 5.32 Å². The summed E-state index contributed by atoms with van der Waals surface area (Å²) in [6.45, 7) is 3.60. The smallest absolute Gasteiger partial charge is 0.151 e. The Balaban J connectivity index is 1.78. The second-order valence-corrected chi connectivity index (χ2v) is 7.91. The average Bonchev–Trinajstić information content (AvgIpc) is 2.46. The Morgan fingerprint density at radius 2 is 2.05 bits per heavy atom. The minimum absolute atomic E-state index is 0.0873. The zero-order chi connectivity index (χ0) is 15.1. The SMILES string of the molecule is CCCCOc1ccc(CNC2CCCS(=O)(=O)C2)cc1. The van der Waals surface area contributed by atoms with Crippen LogP contribution in [0.3, 0.4) is 0 Å². The van der Waals surface area contributed by atoms with E-state index in [0.717, 1.165) is 43.6 Å². The second kappa shape index (κ2) is 7.80. The molecule has 1 heterocycles. The number of nitrogens with one attached hydrogen (secondary N) is 1. The normalized spacial score (nSPS) is 21.1. The highest BCUT2D eigenvalue weighted by molar-refractivity contribution is 7.91. The fraction of sp³-hybridized carbons (Fsp3) is 0.625. The van der Waals surface area contributed by atoms with E-state index in [1.165, 1.54) is 0 Å². The van der Waals surface area contributed by atoms with Crippen molar-refractivity contribution >= 4 is 9.84 Å². The van der Waals surface area contributed by atoms with Crippen LogP contribution in [0.15, 0.2) is 24.3 Å². The molecule has 1 atom stereocenters. The van der Waals surface area contributed by atoms with Gasteiger partial charge in [-0.2, -0.15) is 0 Å². The van der Waals surface area contributed by atoms with E-state index < -0.39 is 9.84 Å². The van der Waals surface area contributed by atoms with Crippen molar-refractivity contribution in [2.75, 3.05) is 18.1 Å². The Morgan fingerprint density at radius 3 is 2.71 bits per heavy atom. The molecule has 2 rings (SSSR count). The lowest BCUT2D eigenvalue weighted by Crippen LogP contribution is -2.39. The lowest BCUT2D eigenvalue weighted by Gasteiger charge is -2.23. The predicted molar refractivity (Wildman–Crippen MR) is 85.4 cm³/mol. The monoisotopic (exact) mass is 311 g/mol. The van der Waals surface area contributed by atoms with Crippen molar-refractivity contribution in [3.8, 4) is 5.75 Å². The van der Waals surface area contributed by atoms with E-state index >= 15 is 0 Å². The quantitative estimate of drug-likeness (QED) is 0.786. The van der Waals surface area contributed by atoms with Gasteiger partial charge in [0, 0.05) is 12.6 Å². The van der Waals surface area contributed by atoms with E-state index in [1.54, 1.807) is 0 Å². The molecule has 1 aliphatic rings. The Labute approximate surface area is 127 Å². The molecule has 1 N–H and O–H groups in total. The second-order valence-electron chi connectivity index (χ2n) is 5.68. The van der Waals surface area contributed by atoms with Crippen LogP contribution in [-0.4, -0.2) is 32.6 Å². The third-order valence-corrected chi connectivity index (χ3v) is 5.57. The molecular weight excluding hydrogens is 286 g/mol. The maximum atomic E-state index is 11.6. The maximum absolute atomic E-state index is 11.6. The highest BCUT2D eigenvalue weighted by Gasteiger charge is 2.23. The van der Waals surface area contributed by atoms with E-state index in [1.807, 2.05) is 24.3 Å². The Kier molecular flexibility index (Phi) is 6.06. The molecular formula is C16H25NO3S. The van der Waals surface area contributed by atoms with Crippen LogP contribution in [0, 0.1) is 0 Å². The van der Waals surface area contributed by atoms with Gasteiger partial charge in [-0.25, -0.2) is 8.42 Å². The number of unbranched alkanes of at least 4 members (excludes halogenated alkanes) is 1. The molecule has 0 bridgehead atoms. The van der Waals surface area contributed by atoms with Crippen LogP contribution < -0.4 is 10.1 Å². The molecule has 21 heavy (non-hydrogen) atoms. The highest BCUT2D eigenvalue weighted by Crippen LogP contribution is 2.15. The van der Waals surface area contributed by atoms with Crippen LogP contribution in [0.2, 0.25) is 0 Å². The van der Waals surface area contributed by atoms with Crippen LogP contribution in [-0.2, 0) is 16.4 Å².